The van der Waals surface area contributed by atoms with E-state index in [1.54, 1.807) is 6.08 Å². The maximum atomic E-state index is 12.4. The van der Waals surface area contributed by atoms with Crippen molar-refractivity contribution in [3.05, 3.63) is 42.0 Å². The minimum absolute atomic E-state index is 0.0321. The number of nitrogens with zero attached hydrogens (tertiary/aromatic N) is 1. The number of unbranched alkanes of at least 4 members (excludes halogenated alkanes) is 3. The van der Waals surface area contributed by atoms with E-state index < -0.39 is 0 Å². The predicted molar refractivity (Wildman–Crippen MR) is 109 cm³/mol. The Morgan fingerprint density at radius 1 is 1.15 bits per heavy atom. The van der Waals surface area contributed by atoms with Crippen LogP contribution < -0.4 is 4.74 Å². The van der Waals surface area contributed by atoms with Gasteiger partial charge < -0.3 is 4.74 Å². The SMILES string of the molecule is CCCCCCc1ccc(OC(=O)C2CCC(CCC=CC#N)CC2)cc1. The van der Waals surface area contributed by atoms with Gasteiger partial charge in [-0.3, -0.25) is 4.79 Å². The van der Waals surface area contributed by atoms with E-state index in [9.17, 15) is 4.79 Å². The van der Waals surface area contributed by atoms with Gasteiger partial charge >= 0.3 is 5.97 Å². The van der Waals surface area contributed by atoms with Crippen LogP contribution in [0.15, 0.2) is 36.4 Å². The molecular formula is C24H33NO2. The van der Waals surface area contributed by atoms with Crippen LogP contribution >= 0.6 is 0 Å². The molecule has 1 saturated carbocycles. The molecule has 2 rings (SSSR count). The quantitative estimate of drug-likeness (QED) is 0.209. The van der Waals surface area contributed by atoms with Crippen LogP contribution in [-0.4, -0.2) is 5.97 Å². The molecule has 1 aromatic carbocycles. The fraction of sp³-hybridized carbons (Fsp3) is 0.583. The van der Waals surface area contributed by atoms with Gasteiger partial charge in [-0.05, 0) is 75.0 Å². The fourth-order valence-corrected chi connectivity index (χ4v) is 3.83. The molecule has 0 radical (unpaired) electrons. The normalized spacial score (nSPS) is 19.7. The Morgan fingerprint density at radius 2 is 1.89 bits per heavy atom. The summed E-state index contributed by atoms with van der Waals surface area (Å²) in [5, 5.41) is 8.50. The number of aryl methyl sites for hydroxylation is 1. The number of benzene rings is 1. The van der Waals surface area contributed by atoms with E-state index in [1.807, 2.05) is 24.3 Å². The molecule has 1 aliphatic carbocycles. The maximum absolute atomic E-state index is 12.4. The minimum Gasteiger partial charge on any atom is -0.426 e. The van der Waals surface area contributed by atoms with Gasteiger partial charge in [0.05, 0.1) is 12.0 Å². The Bertz CT molecular complexity index is 619. The monoisotopic (exact) mass is 367 g/mol. The Kier molecular flexibility index (Phi) is 9.69. The smallest absolute Gasteiger partial charge is 0.314 e. The third kappa shape index (κ3) is 7.99. The van der Waals surface area contributed by atoms with Crippen molar-refractivity contribution in [2.45, 2.75) is 77.6 Å². The van der Waals surface area contributed by atoms with Crippen molar-refractivity contribution < 1.29 is 9.53 Å². The first-order chi connectivity index (χ1) is 13.2. The number of carbonyl (C=O) groups excluding carboxylic acids is 1. The van der Waals surface area contributed by atoms with Gasteiger partial charge in [0.15, 0.2) is 0 Å². The lowest BCUT2D eigenvalue weighted by Gasteiger charge is -2.26. The van der Waals surface area contributed by atoms with Gasteiger partial charge in [0, 0.05) is 6.08 Å². The summed E-state index contributed by atoms with van der Waals surface area (Å²) in [7, 11) is 0. The Balaban J connectivity index is 1.69. The molecule has 0 saturated heterocycles. The van der Waals surface area contributed by atoms with Gasteiger partial charge in [0.1, 0.15) is 5.75 Å². The van der Waals surface area contributed by atoms with Gasteiger partial charge in [-0.2, -0.15) is 5.26 Å². The minimum atomic E-state index is -0.0754. The molecule has 27 heavy (non-hydrogen) atoms. The summed E-state index contributed by atoms with van der Waals surface area (Å²) < 4.78 is 5.61. The standard InChI is InChI=1S/C24H33NO2/c1-2-3-4-6-9-21-13-17-23(18-14-21)27-24(26)22-15-11-20(12-16-22)10-7-5-8-19-25/h5,8,13-14,17-18,20,22H,2-4,6-7,9-12,15-16H2,1H3. The van der Waals surface area contributed by atoms with Crippen LogP contribution in [0.25, 0.3) is 0 Å². The summed E-state index contributed by atoms with van der Waals surface area (Å²) >= 11 is 0. The Morgan fingerprint density at radius 3 is 2.56 bits per heavy atom. The summed E-state index contributed by atoms with van der Waals surface area (Å²) in [5.41, 5.74) is 1.32. The molecule has 1 fully saturated rings. The first-order valence-electron chi connectivity index (χ1n) is 10.6. The van der Waals surface area contributed by atoms with E-state index >= 15 is 0 Å². The van der Waals surface area contributed by atoms with E-state index in [4.69, 9.17) is 10.00 Å². The number of rotatable bonds is 10. The molecule has 0 heterocycles. The second kappa shape index (κ2) is 12.3. The van der Waals surface area contributed by atoms with Gasteiger partial charge in [-0.25, -0.2) is 0 Å². The Labute approximate surface area is 164 Å². The molecule has 1 aliphatic rings. The highest BCUT2D eigenvalue weighted by Gasteiger charge is 2.27. The number of nitriles is 1. The Hall–Kier alpha value is -2.08. The van der Waals surface area contributed by atoms with Crippen molar-refractivity contribution in [1.29, 1.82) is 5.26 Å². The molecule has 146 valence electrons. The lowest BCUT2D eigenvalue weighted by molar-refractivity contribution is -0.140. The molecule has 3 heteroatoms. The maximum Gasteiger partial charge on any atom is 0.314 e. The third-order valence-corrected chi connectivity index (χ3v) is 5.57. The van der Waals surface area contributed by atoms with Crippen LogP contribution in [0, 0.1) is 23.2 Å². The lowest BCUT2D eigenvalue weighted by atomic mass is 9.80. The van der Waals surface area contributed by atoms with Gasteiger partial charge in [-0.1, -0.05) is 44.4 Å². The topological polar surface area (TPSA) is 50.1 Å². The highest BCUT2D eigenvalue weighted by Crippen LogP contribution is 2.32. The third-order valence-electron chi connectivity index (χ3n) is 5.57. The average Bonchev–Trinajstić information content (AvgIpc) is 2.70. The molecule has 0 spiro atoms. The van der Waals surface area contributed by atoms with Crippen molar-refractivity contribution >= 4 is 5.97 Å². The number of esters is 1. The van der Waals surface area contributed by atoms with E-state index in [0.717, 1.165) is 44.9 Å². The molecule has 1 aromatic rings. The zero-order chi connectivity index (χ0) is 19.3. The second-order valence-electron chi connectivity index (χ2n) is 7.70. The van der Waals surface area contributed by atoms with Crippen LogP contribution in [0.5, 0.6) is 5.75 Å². The summed E-state index contributed by atoms with van der Waals surface area (Å²) in [6, 6.07) is 10.1. The molecule has 0 N–H and O–H groups in total. The highest BCUT2D eigenvalue weighted by atomic mass is 16.5. The number of allylic oxidation sites excluding steroid dienone is 2. The van der Waals surface area contributed by atoms with Crippen molar-refractivity contribution in [1.82, 2.24) is 0 Å². The summed E-state index contributed by atoms with van der Waals surface area (Å²) in [4.78, 5) is 12.4. The van der Waals surface area contributed by atoms with E-state index in [2.05, 4.69) is 19.1 Å². The highest BCUT2D eigenvalue weighted by molar-refractivity contribution is 5.75. The summed E-state index contributed by atoms with van der Waals surface area (Å²) in [6.45, 7) is 2.23. The zero-order valence-electron chi connectivity index (χ0n) is 16.7. The first kappa shape index (κ1) is 21.2. The second-order valence-corrected chi connectivity index (χ2v) is 7.70. The van der Waals surface area contributed by atoms with Crippen LogP contribution in [0.4, 0.5) is 0 Å². The lowest BCUT2D eigenvalue weighted by Crippen LogP contribution is -2.25. The number of carbonyl (C=O) groups is 1. The molecular weight excluding hydrogens is 334 g/mol. The fourth-order valence-electron chi connectivity index (χ4n) is 3.83. The van der Waals surface area contributed by atoms with E-state index in [-0.39, 0.29) is 11.9 Å². The van der Waals surface area contributed by atoms with Crippen LogP contribution in [0.3, 0.4) is 0 Å². The summed E-state index contributed by atoms with van der Waals surface area (Å²) in [5.74, 6) is 1.30. The average molecular weight is 368 g/mol. The molecule has 0 atom stereocenters. The van der Waals surface area contributed by atoms with Crippen LogP contribution in [-0.2, 0) is 11.2 Å². The molecule has 0 unspecified atom stereocenters. The van der Waals surface area contributed by atoms with Gasteiger partial charge in [0.2, 0.25) is 0 Å². The molecule has 0 aliphatic heterocycles. The molecule has 0 amide bonds. The number of hydrogen-bond acceptors (Lipinski definition) is 3. The number of hydrogen-bond donors (Lipinski definition) is 0. The predicted octanol–water partition coefficient (Wildman–Crippen LogP) is 6.38. The molecule has 0 aromatic heterocycles. The molecule has 0 bridgehead atoms. The zero-order valence-corrected chi connectivity index (χ0v) is 16.7. The summed E-state index contributed by atoms with van der Waals surface area (Å²) in [6.07, 6.45) is 15.7. The largest absolute Gasteiger partial charge is 0.426 e. The van der Waals surface area contributed by atoms with Gasteiger partial charge in [-0.15, -0.1) is 0 Å². The van der Waals surface area contributed by atoms with Gasteiger partial charge in [0.25, 0.3) is 0 Å². The van der Waals surface area contributed by atoms with Crippen molar-refractivity contribution in [2.75, 3.05) is 0 Å². The van der Waals surface area contributed by atoms with Crippen LogP contribution in [0.1, 0.15) is 76.7 Å². The van der Waals surface area contributed by atoms with Crippen molar-refractivity contribution in [3.8, 4) is 11.8 Å². The molecule has 3 nitrogen and oxygen atoms in total. The number of ether oxygens (including phenoxy) is 1. The van der Waals surface area contributed by atoms with E-state index in [1.165, 1.54) is 31.2 Å². The van der Waals surface area contributed by atoms with Crippen molar-refractivity contribution in [3.63, 3.8) is 0 Å². The first-order valence-corrected chi connectivity index (χ1v) is 10.6. The van der Waals surface area contributed by atoms with Crippen LogP contribution in [0.2, 0.25) is 0 Å². The van der Waals surface area contributed by atoms with E-state index in [0.29, 0.717) is 11.7 Å². The van der Waals surface area contributed by atoms with Crippen molar-refractivity contribution in [2.24, 2.45) is 11.8 Å².